The molecule has 1 aromatic carbocycles. The molecule has 1 atom stereocenters. The smallest absolute Gasteiger partial charge is 0.338 e. The van der Waals surface area contributed by atoms with E-state index in [1.165, 1.54) is 11.8 Å². The Balaban J connectivity index is 1.76. The van der Waals surface area contributed by atoms with Crippen molar-refractivity contribution in [3.63, 3.8) is 0 Å². The largest absolute Gasteiger partial charge is 0.463 e. The Morgan fingerprint density at radius 3 is 2.65 bits per heavy atom. The summed E-state index contributed by atoms with van der Waals surface area (Å²) in [5.41, 5.74) is 5.35. The lowest BCUT2D eigenvalue weighted by atomic mass is 9.90. The summed E-state index contributed by atoms with van der Waals surface area (Å²) >= 11 is 1.52. The number of aryl methyl sites for hydroxylation is 2. The number of carbonyl (C=O) groups is 2. The van der Waals surface area contributed by atoms with Gasteiger partial charge in [-0.3, -0.25) is 4.79 Å². The quantitative estimate of drug-likeness (QED) is 0.634. The fourth-order valence-electron chi connectivity index (χ4n) is 4.42. The predicted octanol–water partition coefficient (Wildman–Crippen LogP) is 4.45. The molecule has 0 N–H and O–H groups in total. The standard InChI is InChI=1S/C24H29N3O3S/c1-5-30-23(29)21-17(4)25-24-27(22(21)19-12-15(2)8-9-16(19)3)18(14-31-24)13-20(28)26-10-6-7-11-26/h8-9,12,14,22H,5-7,10-11,13H2,1-4H3/t22-/m0/s1. The highest BCUT2D eigenvalue weighted by Gasteiger charge is 2.42. The van der Waals surface area contributed by atoms with Crippen LogP contribution in [0.5, 0.6) is 0 Å². The minimum Gasteiger partial charge on any atom is -0.463 e. The molecule has 0 radical (unpaired) electrons. The summed E-state index contributed by atoms with van der Waals surface area (Å²) in [4.78, 5) is 34.7. The first-order valence-corrected chi connectivity index (χ1v) is 11.7. The molecule has 0 aromatic heterocycles. The molecular formula is C24H29N3O3S. The number of amidine groups is 1. The molecule has 4 rings (SSSR count). The van der Waals surface area contributed by atoms with Crippen molar-refractivity contribution in [1.82, 2.24) is 9.80 Å². The normalized spacial score (nSPS) is 20.6. The lowest BCUT2D eigenvalue weighted by Gasteiger charge is -2.37. The molecule has 3 heterocycles. The minimum atomic E-state index is -0.362. The van der Waals surface area contributed by atoms with Gasteiger partial charge in [0.05, 0.1) is 30.3 Å². The second-order valence-corrected chi connectivity index (χ2v) is 9.07. The van der Waals surface area contributed by atoms with Crippen LogP contribution in [-0.2, 0) is 14.3 Å². The number of carbonyl (C=O) groups excluding carboxylic acids is 2. The van der Waals surface area contributed by atoms with Crippen LogP contribution in [0.25, 0.3) is 0 Å². The maximum Gasteiger partial charge on any atom is 0.338 e. The number of esters is 1. The van der Waals surface area contributed by atoms with E-state index in [0.717, 1.165) is 53.5 Å². The lowest BCUT2D eigenvalue weighted by molar-refractivity contribution is -0.139. The van der Waals surface area contributed by atoms with Gasteiger partial charge in [0.25, 0.3) is 0 Å². The Hall–Kier alpha value is -2.54. The summed E-state index contributed by atoms with van der Waals surface area (Å²) in [6.07, 6.45) is 2.44. The number of fused-ring (bicyclic) bond motifs is 1. The average molecular weight is 440 g/mol. The van der Waals surface area contributed by atoms with Crippen LogP contribution in [0, 0.1) is 13.8 Å². The molecule has 3 aliphatic rings. The van der Waals surface area contributed by atoms with Gasteiger partial charge in [-0.2, -0.15) is 0 Å². The van der Waals surface area contributed by atoms with Crippen molar-refractivity contribution in [2.45, 2.75) is 53.0 Å². The van der Waals surface area contributed by atoms with E-state index >= 15 is 0 Å². The number of likely N-dealkylation sites (tertiary alicyclic amines) is 1. The molecule has 1 fully saturated rings. The fraction of sp³-hybridized carbons (Fsp3) is 0.458. The van der Waals surface area contributed by atoms with Crippen LogP contribution in [0.15, 0.2) is 45.6 Å². The van der Waals surface area contributed by atoms with Gasteiger partial charge in [0.2, 0.25) is 5.91 Å². The van der Waals surface area contributed by atoms with Crippen LogP contribution in [0.2, 0.25) is 0 Å². The van der Waals surface area contributed by atoms with Gasteiger partial charge in [-0.1, -0.05) is 35.5 Å². The van der Waals surface area contributed by atoms with E-state index in [9.17, 15) is 9.59 Å². The van der Waals surface area contributed by atoms with Gasteiger partial charge in [0, 0.05) is 18.8 Å². The van der Waals surface area contributed by atoms with E-state index in [1.54, 1.807) is 0 Å². The van der Waals surface area contributed by atoms with Crippen molar-refractivity contribution in [2.24, 2.45) is 4.99 Å². The number of nitrogens with zero attached hydrogens (tertiary/aromatic N) is 3. The molecule has 31 heavy (non-hydrogen) atoms. The molecule has 0 bridgehead atoms. The average Bonchev–Trinajstić information content (AvgIpc) is 3.39. The molecule has 3 aliphatic heterocycles. The van der Waals surface area contributed by atoms with E-state index in [-0.39, 0.29) is 17.9 Å². The molecule has 1 aromatic rings. The molecule has 0 spiro atoms. The van der Waals surface area contributed by atoms with Gasteiger partial charge in [0.1, 0.15) is 0 Å². The zero-order chi connectivity index (χ0) is 22.1. The number of ether oxygens (including phenoxy) is 1. The summed E-state index contributed by atoms with van der Waals surface area (Å²) in [5, 5.41) is 2.81. The second kappa shape index (κ2) is 8.91. The van der Waals surface area contributed by atoms with Crippen LogP contribution < -0.4 is 0 Å². The highest BCUT2D eigenvalue weighted by molar-refractivity contribution is 8.16. The summed E-state index contributed by atoms with van der Waals surface area (Å²) in [6, 6.07) is 5.91. The van der Waals surface area contributed by atoms with Crippen molar-refractivity contribution in [2.75, 3.05) is 19.7 Å². The van der Waals surface area contributed by atoms with Gasteiger partial charge in [-0.15, -0.1) is 0 Å². The van der Waals surface area contributed by atoms with Gasteiger partial charge in [0.15, 0.2) is 5.17 Å². The molecular weight excluding hydrogens is 410 g/mol. The molecule has 0 saturated carbocycles. The predicted molar refractivity (Wildman–Crippen MR) is 123 cm³/mol. The van der Waals surface area contributed by atoms with Crippen molar-refractivity contribution < 1.29 is 14.3 Å². The van der Waals surface area contributed by atoms with E-state index in [0.29, 0.717) is 24.3 Å². The number of hydrogen-bond donors (Lipinski definition) is 0. The SMILES string of the molecule is CCOC(=O)C1=C(C)N=C2SC=C(CC(=O)N3CCCC3)N2[C@H]1c1cc(C)ccc1C. The summed E-state index contributed by atoms with van der Waals surface area (Å²) in [5.74, 6) is -0.218. The number of amides is 1. The fourth-order valence-corrected chi connectivity index (χ4v) is 5.39. The van der Waals surface area contributed by atoms with E-state index in [2.05, 4.69) is 30.0 Å². The zero-order valence-corrected chi connectivity index (χ0v) is 19.4. The number of allylic oxidation sites excluding steroid dienone is 1. The van der Waals surface area contributed by atoms with Gasteiger partial charge in [-0.05, 0) is 57.1 Å². The van der Waals surface area contributed by atoms with E-state index in [4.69, 9.17) is 9.73 Å². The van der Waals surface area contributed by atoms with Gasteiger partial charge in [-0.25, -0.2) is 9.79 Å². The maximum atomic E-state index is 13.0. The Morgan fingerprint density at radius 1 is 1.19 bits per heavy atom. The highest BCUT2D eigenvalue weighted by atomic mass is 32.2. The first-order valence-electron chi connectivity index (χ1n) is 10.9. The summed E-state index contributed by atoms with van der Waals surface area (Å²) in [6.45, 7) is 9.73. The topological polar surface area (TPSA) is 62.2 Å². The first kappa shape index (κ1) is 21.7. The monoisotopic (exact) mass is 439 g/mol. The highest BCUT2D eigenvalue weighted by Crippen LogP contribution is 2.45. The van der Waals surface area contributed by atoms with E-state index < -0.39 is 0 Å². The Kier molecular flexibility index (Phi) is 6.23. The molecule has 0 aliphatic carbocycles. The van der Waals surface area contributed by atoms with Crippen LogP contribution in [-0.4, -0.2) is 46.5 Å². The van der Waals surface area contributed by atoms with Crippen molar-refractivity contribution >= 4 is 28.8 Å². The van der Waals surface area contributed by atoms with Crippen molar-refractivity contribution in [1.29, 1.82) is 0 Å². The minimum absolute atomic E-state index is 0.134. The van der Waals surface area contributed by atoms with Gasteiger partial charge < -0.3 is 14.5 Å². The number of aliphatic imine (C=N–C) groups is 1. The third-order valence-corrected chi connectivity index (χ3v) is 6.91. The lowest BCUT2D eigenvalue weighted by Crippen LogP contribution is -2.38. The third kappa shape index (κ3) is 4.15. The molecule has 1 saturated heterocycles. The molecule has 0 unspecified atom stereocenters. The van der Waals surface area contributed by atoms with Crippen LogP contribution in [0.1, 0.15) is 55.8 Å². The first-order chi connectivity index (χ1) is 14.9. The Bertz CT molecular complexity index is 1010. The number of benzene rings is 1. The molecule has 1 amide bonds. The summed E-state index contributed by atoms with van der Waals surface area (Å²) in [7, 11) is 0. The Labute approximate surface area is 188 Å². The van der Waals surface area contributed by atoms with E-state index in [1.807, 2.05) is 31.1 Å². The van der Waals surface area contributed by atoms with Crippen molar-refractivity contribution in [3.8, 4) is 0 Å². The van der Waals surface area contributed by atoms with Crippen LogP contribution in [0.4, 0.5) is 0 Å². The van der Waals surface area contributed by atoms with Crippen LogP contribution in [0.3, 0.4) is 0 Å². The number of hydrogen-bond acceptors (Lipinski definition) is 6. The number of thioether (sulfide) groups is 1. The maximum absolute atomic E-state index is 13.0. The van der Waals surface area contributed by atoms with Gasteiger partial charge >= 0.3 is 5.97 Å². The third-order valence-electron chi connectivity index (χ3n) is 6.02. The molecule has 164 valence electrons. The Morgan fingerprint density at radius 2 is 1.94 bits per heavy atom. The van der Waals surface area contributed by atoms with Crippen molar-refractivity contribution in [3.05, 3.63) is 57.3 Å². The zero-order valence-electron chi connectivity index (χ0n) is 18.6. The summed E-state index contributed by atoms with van der Waals surface area (Å²) < 4.78 is 5.43. The number of rotatable bonds is 5. The molecule has 6 nitrogen and oxygen atoms in total. The van der Waals surface area contributed by atoms with Crippen LogP contribution >= 0.6 is 11.8 Å². The molecule has 7 heteroatoms. The second-order valence-electron chi connectivity index (χ2n) is 8.24.